The number of para-hydroxylation sites is 1. The van der Waals surface area contributed by atoms with Crippen molar-refractivity contribution >= 4 is 23.6 Å². The zero-order chi connectivity index (χ0) is 26.4. The number of rotatable bonds is 6. The molecule has 5 heteroatoms. The lowest BCUT2D eigenvalue weighted by Crippen LogP contribution is -2.35. The normalized spacial score (nSPS) is 25.8. The predicted molar refractivity (Wildman–Crippen MR) is 146 cm³/mol. The lowest BCUT2D eigenvalue weighted by molar-refractivity contribution is -0.122. The van der Waals surface area contributed by atoms with Crippen LogP contribution in [0.15, 0.2) is 59.2 Å². The molecule has 5 rings (SSSR count). The second kappa shape index (κ2) is 9.94. The van der Waals surface area contributed by atoms with Gasteiger partial charge in [0.1, 0.15) is 5.75 Å². The molecule has 1 aliphatic carbocycles. The molecule has 0 saturated carbocycles. The Kier molecular flexibility index (Phi) is 6.84. The summed E-state index contributed by atoms with van der Waals surface area (Å²) in [7, 11) is 0. The highest BCUT2D eigenvalue weighted by molar-refractivity contribution is 6.22. The second-order valence-electron chi connectivity index (χ2n) is 11.3. The number of phenolic OH excluding ortho intramolecular Hbond substituents is 1. The number of phenols is 1. The van der Waals surface area contributed by atoms with Crippen LogP contribution in [0.3, 0.4) is 0 Å². The van der Waals surface area contributed by atoms with Crippen molar-refractivity contribution < 1.29 is 19.4 Å². The van der Waals surface area contributed by atoms with Crippen molar-refractivity contribution in [2.24, 2.45) is 23.7 Å². The van der Waals surface area contributed by atoms with Gasteiger partial charge in [0.2, 0.25) is 11.8 Å². The number of hydrogen-bond acceptors (Lipinski definition) is 4. The van der Waals surface area contributed by atoms with Gasteiger partial charge in [-0.3, -0.25) is 14.5 Å². The number of allylic oxidation sites excluding steroid dienone is 2. The molecule has 2 fully saturated rings. The Morgan fingerprint density at radius 1 is 1.08 bits per heavy atom. The highest BCUT2D eigenvalue weighted by atomic mass is 16.5. The molecule has 194 valence electrons. The number of aromatic hydroxyl groups is 1. The third kappa shape index (κ3) is 4.54. The quantitative estimate of drug-likeness (QED) is 0.370. The van der Waals surface area contributed by atoms with Gasteiger partial charge in [0.25, 0.3) is 0 Å². The van der Waals surface area contributed by atoms with Crippen LogP contribution >= 0.6 is 0 Å². The van der Waals surface area contributed by atoms with Crippen LogP contribution in [0.2, 0.25) is 0 Å². The smallest absolute Gasteiger partial charge is 0.238 e. The highest BCUT2D eigenvalue weighted by Crippen LogP contribution is 2.51. The van der Waals surface area contributed by atoms with Gasteiger partial charge in [0.15, 0.2) is 0 Å². The van der Waals surface area contributed by atoms with Crippen LogP contribution in [0.4, 0.5) is 5.69 Å². The van der Waals surface area contributed by atoms with Crippen LogP contribution in [0.1, 0.15) is 56.7 Å². The maximum atomic E-state index is 13.6. The lowest BCUT2D eigenvalue weighted by Gasteiger charge is -2.33. The monoisotopic (exact) mass is 499 g/mol. The van der Waals surface area contributed by atoms with E-state index in [0.29, 0.717) is 30.4 Å². The van der Waals surface area contributed by atoms with Crippen molar-refractivity contribution in [1.82, 2.24) is 0 Å². The first-order chi connectivity index (χ1) is 17.7. The van der Waals surface area contributed by atoms with Gasteiger partial charge in [0.05, 0.1) is 30.2 Å². The van der Waals surface area contributed by atoms with Crippen LogP contribution in [0.25, 0.3) is 6.08 Å². The number of benzene rings is 2. The number of fused-ring (bicyclic) bond motifs is 3. The number of aryl methyl sites for hydroxylation is 2. The van der Waals surface area contributed by atoms with Gasteiger partial charge in [-0.15, -0.1) is 0 Å². The fourth-order valence-electron chi connectivity index (χ4n) is 6.58. The third-order valence-corrected chi connectivity index (χ3v) is 8.38. The van der Waals surface area contributed by atoms with E-state index in [1.165, 1.54) is 21.6 Å². The first-order valence-electron chi connectivity index (χ1n) is 13.4. The van der Waals surface area contributed by atoms with Crippen molar-refractivity contribution in [1.29, 1.82) is 0 Å². The summed E-state index contributed by atoms with van der Waals surface area (Å²) in [6.07, 6.45) is 4.52. The van der Waals surface area contributed by atoms with Gasteiger partial charge >= 0.3 is 0 Å². The van der Waals surface area contributed by atoms with Crippen LogP contribution in [-0.2, 0) is 14.3 Å². The molecule has 0 unspecified atom stereocenters. The molecule has 4 atom stereocenters. The Morgan fingerprint density at radius 3 is 2.41 bits per heavy atom. The van der Waals surface area contributed by atoms with Crippen molar-refractivity contribution in [2.45, 2.75) is 60.0 Å². The van der Waals surface area contributed by atoms with E-state index in [1.807, 2.05) is 56.3 Å². The fraction of sp³-hybridized carbons (Fsp3) is 0.438. The van der Waals surface area contributed by atoms with Crippen molar-refractivity contribution in [3.8, 4) is 5.75 Å². The molecule has 1 N–H and O–H groups in total. The van der Waals surface area contributed by atoms with Gasteiger partial charge in [-0.05, 0) is 92.5 Å². The van der Waals surface area contributed by atoms with Gasteiger partial charge in [0, 0.05) is 5.92 Å². The summed E-state index contributed by atoms with van der Waals surface area (Å²) in [6.45, 7) is 10.9. The summed E-state index contributed by atoms with van der Waals surface area (Å²) in [5, 5.41) is 10.1. The largest absolute Gasteiger partial charge is 0.507 e. The van der Waals surface area contributed by atoms with Crippen LogP contribution in [-0.4, -0.2) is 29.6 Å². The maximum absolute atomic E-state index is 13.6. The summed E-state index contributed by atoms with van der Waals surface area (Å²) in [6, 6.07) is 13.3. The number of amides is 2. The third-order valence-electron chi connectivity index (χ3n) is 8.38. The molecular formula is C32H37NO4. The lowest BCUT2D eigenvalue weighted by atomic mass is 9.67. The molecule has 0 spiro atoms. The molecular weight excluding hydrogens is 462 g/mol. The molecule has 2 saturated heterocycles. The summed E-state index contributed by atoms with van der Waals surface area (Å²) < 4.78 is 6.37. The second-order valence-corrected chi connectivity index (χ2v) is 11.3. The van der Waals surface area contributed by atoms with E-state index in [9.17, 15) is 14.7 Å². The summed E-state index contributed by atoms with van der Waals surface area (Å²) >= 11 is 0. The average Bonchev–Trinajstić information content (AvgIpc) is 3.39. The molecule has 2 heterocycles. The minimum absolute atomic E-state index is 0.0244. The molecule has 2 aromatic carbocycles. The van der Waals surface area contributed by atoms with E-state index >= 15 is 0 Å². The molecule has 3 aliphatic rings. The summed E-state index contributed by atoms with van der Waals surface area (Å²) in [5.74, 6) is -0.160. The fourth-order valence-corrected chi connectivity index (χ4v) is 6.58. The Bertz CT molecular complexity index is 1270. The van der Waals surface area contributed by atoms with Crippen molar-refractivity contribution in [3.63, 3.8) is 0 Å². The molecule has 2 aliphatic heterocycles. The SMILES string of the molecule is C/C(=C\c1cc(C)c(O)c(C)c1)CC[C@H]1OC[C@H]2C1=C(C(C)C)C[C@H]1C(=O)N(c3ccccc3)C(=O)[C@H]12. The van der Waals surface area contributed by atoms with Crippen LogP contribution < -0.4 is 4.90 Å². The Balaban J connectivity index is 1.37. The molecule has 2 amide bonds. The Morgan fingerprint density at radius 2 is 1.76 bits per heavy atom. The van der Waals surface area contributed by atoms with E-state index in [0.717, 1.165) is 29.5 Å². The number of ether oxygens (including phenoxy) is 1. The highest BCUT2D eigenvalue weighted by Gasteiger charge is 2.57. The van der Waals surface area contributed by atoms with Crippen LogP contribution in [0, 0.1) is 37.5 Å². The summed E-state index contributed by atoms with van der Waals surface area (Å²) in [4.78, 5) is 28.5. The summed E-state index contributed by atoms with van der Waals surface area (Å²) in [5.41, 5.74) is 7.34. The zero-order valence-electron chi connectivity index (χ0n) is 22.5. The average molecular weight is 500 g/mol. The topological polar surface area (TPSA) is 66.8 Å². The Hall–Kier alpha value is -3.18. The van der Waals surface area contributed by atoms with Crippen molar-refractivity contribution in [2.75, 3.05) is 11.5 Å². The number of carbonyl (C=O) groups is 2. The van der Waals surface area contributed by atoms with E-state index < -0.39 is 0 Å². The van der Waals surface area contributed by atoms with Gasteiger partial charge < -0.3 is 9.84 Å². The van der Waals surface area contributed by atoms with E-state index in [2.05, 4.69) is 26.8 Å². The van der Waals surface area contributed by atoms with Crippen LogP contribution in [0.5, 0.6) is 5.75 Å². The maximum Gasteiger partial charge on any atom is 0.238 e. The molecule has 5 nitrogen and oxygen atoms in total. The number of hydrogen-bond donors (Lipinski definition) is 1. The van der Waals surface area contributed by atoms with E-state index in [-0.39, 0.29) is 35.7 Å². The number of imide groups is 1. The predicted octanol–water partition coefficient (Wildman–Crippen LogP) is 6.37. The molecule has 0 aromatic heterocycles. The molecule has 0 bridgehead atoms. The molecule has 0 radical (unpaired) electrons. The van der Waals surface area contributed by atoms with Crippen molar-refractivity contribution in [3.05, 3.63) is 75.9 Å². The standard InChI is InChI=1S/C32H37NO4/c1-18(2)24-16-25-29(32(36)33(31(25)35)23-9-7-6-8-10-23)26-17-37-27(28(24)26)12-11-19(3)13-22-14-20(4)30(34)21(5)15-22/h6-10,13-15,18,25-27,29,34H,11-12,16-17H2,1-5H3/b19-13+/t25-,26+,27-,29-/m1/s1. The van der Waals surface area contributed by atoms with Gasteiger partial charge in [-0.25, -0.2) is 0 Å². The number of carbonyl (C=O) groups excluding carboxylic acids is 2. The first-order valence-corrected chi connectivity index (χ1v) is 13.4. The van der Waals surface area contributed by atoms with Gasteiger partial charge in [-0.2, -0.15) is 0 Å². The Labute approximate surface area is 219 Å². The first kappa shape index (κ1) is 25.5. The molecule has 2 aromatic rings. The minimum atomic E-state index is -0.338. The number of nitrogens with zero attached hydrogens (tertiary/aromatic N) is 1. The number of anilines is 1. The molecule has 37 heavy (non-hydrogen) atoms. The zero-order valence-corrected chi connectivity index (χ0v) is 22.5. The van der Waals surface area contributed by atoms with E-state index in [1.54, 1.807) is 0 Å². The minimum Gasteiger partial charge on any atom is -0.507 e. The van der Waals surface area contributed by atoms with Gasteiger partial charge in [-0.1, -0.05) is 49.3 Å². The van der Waals surface area contributed by atoms with E-state index in [4.69, 9.17) is 4.74 Å².